The molecule has 0 amide bonds. The molecule has 1 fully saturated rings. The second kappa shape index (κ2) is 84.2. The summed E-state index contributed by atoms with van der Waals surface area (Å²) < 4.78 is 9.89. The van der Waals surface area contributed by atoms with Crippen LogP contribution in [-0.2, 0) is 9.47 Å². The largest absolute Gasteiger partial charge is 0.377 e. The molecule has 1 aliphatic heterocycles. The molecule has 0 aromatic heterocycles. The van der Waals surface area contributed by atoms with Crippen LogP contribution >= 0.6 is 0 Å². The fraction of sp³-hybridized carbons (Fsp3) is 0.211. The first-order valence-electron chi connectivity index (χ1n) is 6.24. The van der Waals surface area contributed by atoms with Crippen molar-refractivity contribution < 1.29 is 47.6 Å². The molecule has 0 N–H and O–H groups in total. The monoisotopic (exact) mass is 471 g/mol. The van der Waals surface area contributed by atoms with Crippen LogP contribution in [0.2, 0.25) is 0 Å². The minimum Gasteiger partial charge on any atom is -0.377 e. The van der Waals surface area contributed by atoms with Gasteiger partial charge in [0.15, 0.2) is 0 Å². The van der Waals surface area contributed by atoms with Gasteiger partial charge < -0.3 is 9.47 Å². The Balaban J connectivity index is -0.0000000216. The summed E-state index contributed by atoms with van der Waals surface area (Å²) >= 11 is 0. The average Bonchev–Trinajstić information content (AvgIpc) is 2.45. The van der Waals surface area contributed by atoms with Crippen molar-refractivity contribution in [3.8, 4) is 0 Å². The van der Waals surface area contributed by atoms with Crippen LogP contribution in [0, 0.1) is 140 Å². The Morgan fingerprint density at radius 2 is 0.500 bits per heavy atom. The van der Waals surface area contributed by atoms with Crippen LogP contribution in [0.5, 0.6) is 0 Å². The van der Waals surface area contributed by atoms with Crippen molar-refractivity contribution in [1.82, 2.24) is 0 Å². The quantitative estimate of drug-likeness (QED) is 0.505. The number of hydrogen-bond donors (Lipinski definition) is 0. The Morgan fingerprint density at radius 3 is 0.542 bits per heavy atom. The molecular formula is C19H33DyLi2O2. The van der Waals surface area contributed by atoms with E-state index in [0.717, 1.165) is 26.4 Å². The standard InChI is InChI=1S/C4H8O2.5C3H5.Dy.2Li/c1-2-6-4-3-5-1;5*1-3-2;;;/h1-4H2;5*3H,1-2H2;;;. The van der Waals surface area contributed by atoms with Gasteiger partial charge in [0.2, 0.25) is 0 Å². The maximum Gasteiger partial charge on any atom is 0.0701 e. The summed E-state index contributed by atoms with van der Waals surface area (Å²) in [7, 11) is 0. The predicted molar refractivity (Wildman–Crippen MR) is 108 cm³/mol. The first-order chi connectivity index (χ1) is 10.1. The van der Waals surface area contributed by atoms with Crippen molar-refractivity contribution in [2.75, 3.05) is 26.4 Å². The third-order valence-electron chi connectivity index (χ3n) is 0.744. The summed E-state index contributed by atoms with van der Waals surface area (Å²) in [5, 5.41) is 0. The van der Waals surface area contributed by atoms with Gasteiger partial charge in [-0.3, -0.25) is 0 Å². The van der Waals surface area contributed by atoms with E-state index < -0.39 is 0 Å². The molecule has 2 nitrogen and oxygen atoms in total. The van der Waals surface area contributed by atoms with E-state index in [1.54, 1.807) is 0 Å². The smallest absolute Gasteiger partial charge is 0.0701 e. The van der Waals surface area contributed by atoms with Crippen LogP contribution in [0.4, 0.5) is 0 Å². The van der Waals surface area contributed by atoms with E-state index in [1.807, 2.05) is 0 Å². The van der Waals surface area contributed by atoms with Crippen molar-refractivity contribution >= 4 is 37.7 Å². The molecule has 1 heterocycles. The van der Waals surface area contributed by atoms with Crippen molar-refractivity contribution in [2.24, 2.45) is 0 Å². The fourth-order valence-corrected chi connectivity index (χ4v) is 0.440. The van der Waals surface area contributed by atoms with Gasteiger partial charge in [0, 0.05) is 75.9 Å². The van der Waals surface area contributed by atoms with E-state index in [-0.39, 0.29) is 75.9 Å². The first kappa shape index (κ1) is 50.3. The van der Waals surface area contributed by atoms with Gasteiger partial charge in [0.05, 0.1) is 26.4 Å². The summed E-state index contributed by atoms with van der Waals surface area (Å²) in [6, 6.07) is 0. The van der Waals surface area contributed by atoms with Gasteiger partial charge in [0.25, 0.3) is 0 Å². The number of ether oxygens (including phenoxy) is 2. The Bertz CT molecular complexity index is 74.3. The molecule has 0 aliphatic carbocycles. The van der Waals surface area contributed by atoms with Crippen LogP contribution in [0.3, 0.4) is 0 Å². The third kappa shape index (κ3) is 190. The molecule has 0 unspecified atom stereocenters. The molecule has 0 bridgehead atoms. The molecule has 1 saturated heterocycles. The second-order valence-electron chi connectivity index (χ2n) is 2.67. The molecule has 0 atom stereocenters. The van der Waals surface area contributed by atoms with E-state index in [2.05, 4.69) is 69.2 Å². The van der Waals surface area contributed by atoms with Crippen LogP contribution in [0.1, 0.15) is 0 Å². The van der Waals surface area contributed by atoms with Gasteiger partial charge >= 0.3 is 0 Å². The average molecular weight is 470 g/mol. The van der Waals surface area contributed by atoms with Gasteiger partial charge in [-0.1, -0.05) is 0 Å². The van der Waals surface area contributed by atoms with Crippen molar-refractivity contribution in [1.29, 1.82) is 0 Å². The summed E-state index contributed by atoms with van der Waals surface area (Å²) in [6.07, 6.45) is 7.50. The van der Waals surface area contributed by atoms with Crippen LogP contribution in [0.15, 0.2) is 0 Å². The molecule has 1 rings (SSSR count). The van der Waals surface area contributed by atoms with Gasteiger partial charge in [-0.25, -0.2) is 0 Å². The number of rotatable bonds is 0. The Labute approximate surface area is 211 Å². The molecule has 0 aromatic rings. The van der Waals surface area contributed by atoms with Crippen LogP contribution in [0.25, 0.3) is 0 Å². The molecule has 0 aromatic carbocycles. The maximum atomic E-state index is 4.94. The number of hydrogen-bond acceptors (Lipinski definition) is 2. The van der Waals surface area contributed by atoms with Gasteiger partial charge in [-0.05, 0) is 101 Å². The van der Waals surface area contributed by atoms with Gasteiger partial charge in [0.1, 0.15) is 0 Å². The van der Waals surface area contributed by atoms with E-state index in [9.17, 15) is 0 Å². The molecule has 5 heteroatoms. The normalized spacial score (nSPS) is 9.75. The van der Waals surface area contributed by atoms with Crippen LogP contribution < -0.4 is 0 Å². The van der Waals surface area contributed by atoms with E-state index in [0.29, 0.717) is 0 Å². The summed E-state index contributed by atoms with van der Waals surface area (Å²) in [5.74, 6) is 0. The Morgan fingerprint density at radius 1 is 0.417 bits per heavy atom. The van der Waals surface area contributed by atoms with Crippen molar-refractivity contribution in [3.05, 3.63) is 101 Å². The minimum absolute atomic E-state index is 0. The molecule has 17 radical (unpaired) electrons. The second-order valence-corrected chi connectivity index (χ2v) is 2.67. The van der Waals surface area contributed by atoms with Crippen LogP contribution in [-0.4, -0.2) is 64.1 Å². The Hall–Kier alpha value is 2.39. The zero-order chi connectivity index (χ0) is 17.8. The van der Waals surface area contributed by atoms with Gasteiger partial charge in [-0.2, -0.15) is 0 Å². The zero-order valence-electron chi connectivity index (χ0n) is 15.9. The van der Waals surface area contributed by atoms with Gasteiger partial charge in [-0.15, -0.1) is 0 Å². The SMILES string of the molecule is C1COCCO1.[CH2][CH][CH2].[CH2][CH][CH2].[CH2][CH][CH2].[CH2][CH][CH2].[CH2][CH][CH2].[Dy].[Li].[Li]. The van der Waals surface area contributed by atoms with Crippen molar-refractivity contribution in [3.63, 3.8) is 0 Å². The topological polar surface area (TPSA) is 18.5 Å². The predicted octanol–water partition coefficient (Wildman–Crippen LogP) is 3.57. The molecule has 0 spiro atoms. The fourth-order valence-electron chi connectivity index (χ4n) is 0.440. The molecular weight excluding hydrogens is 437 g/mol. The third-order valence-corrected chi connectivity index (χ3v) is 0.744. The maximum absolute atomic E-state index is 4.94. The summed E-state index contributed by atoms with van der Waals surface area (Å²) in [6.45, 7) is 35.6. The van der Waals surface area contributed by atoms with E-state index in [4.69, 9.17) is 9.47 Å². The minimum atomic E-state index is 0. The Kier molecular flexibility index (Phi) is 177. The first-order valence-corrected chi connectivity index (χ1v) is 6.24. The molecule has 24 heavy (non-hydrogen) atoms. The summed E-state index contributed by atoms with van der Waals surface area (Å²) in [5.41, 5.74) is 0. The molecule has 1 aliphatic rings. The summed E-state index contributed by atoms with van der Waals surface area (Å²) in [4.78, 5) is 0. The molecule has 0 saturated carbocycles. The van der Waals surface area contributed by atoms with Crippen molar-refractivity contribution in [2.45, 2.75) is 0 Å². The van der Waals surface area contributed by atoms with E-state index >= 15 is 0 Å². The molecule has 133 valence electrons. The zero-order valence-corrected chi connectivity index (χ0v) is 17.9. The van der Waals surface area contributed by atoms with E-state index in [1.165, 1.54) is 32.1 Å².